The highest BCUT2D eigenvalue weighted by molar-refractivity contribution is 7.91. The molecule has 0 amide bonds. The summed E-state index contributed by atoms with van der Waals surface area (Å²) in [5, 5.41) is 7.64. The van der Waals surface area contributed by atoms with Crippen LogP contribution in [0.5, 0.6) is 0 Å². The molecule has 1 rings (SSSR count). The number of nitrogens with one attached hydrogen (secondary N) is 1. The molecular weight excluding hydrogens is 188 g/mol. The Balaban J connectivity index is 2.45. The molecule has 0 aromatic carbocycles. The highest BCUT2D eigenvalue weighted by Crippen LogP contribution is 2.06. The molecule has 1 aliphatic rings. The Bertz CT molecular complexity index is 271. The van der Waals surface area contributed by atoms with Gasteiger partial charge in [0.15, 0.2) is 9.84 Å². The highest BCUT2D eigenvalue weighted by Gasteiger charge is 2.22. The van der Waals surface area contributed by atoms with Crippen LogP contribution in [0.1, 0.15) is 19.8 Å². The molecule has 5 heteroatoms. The molecular formula is C8H16N2O2S. The third-order valence-electron chi connectivity index (χ3n) is 2.21. The zero-order valence-electron chi connectivity index (χ0n) is 7.91. The van der Waals surface area contributed by atoms with Crippen molar-refractivity contribution in [1.29, 1.82) is 5.41 Å². The van der Waals surface area contributed by atoms with Crippen LogP contribution in [0, 0.1) is 5.41 Å². The average Bonchev–Trinajstić information content (AvgIpc) is 2.04. The van der Waals surface area contributed by atoms with Crippen LogP contribution in [0.3, 0.4) is 0 Å². The molecule has 1 heterocycles. The monoisotopic (exact) mass is 204 g/mol. The summed E-state index contributed by atoms with van der Waals surface area (Å²) in [5.74, 6) is 0.996. The lowest BCUT2D eigenvalue weighted by molar-refractivity contribution is 0.430. The summed E-state index contributed by atoms with van der Waals surface area (Å²) in [6.07, 6.45) is 1.70. The van der Waals surface area contributed by atoms with Crippen molar-refractivity contribution in [2.75, 3.05) is 24.6 Å². The summed E-state index contributed by atoms with van der Waals surface area (Å²) in [6.45, 7) is 3.03. The summed E-state index contributed by atoms with van der Waals surface area (Å²) in [7, 11) is -2.80. The number of sulfone groups is 1. The predicted octanol–water partition coefficient (Wildman–Crippen LogP) is 0.494. The SMILES string of the molecule is CCCC(=N)N1CCS(=O)(=O)CC1. The van der Waals surface area contributed by atoms with Crippen LogP contribution in [0.4, 0.5) is 0 Å². The van der Waals surface area contributed by atoms with Crippen molar-refractivity contribution >= 4 is 15.7 Å². The summed E-state index contributed by atoms with van der Waals surface area (Å²) in [4.78, 5) is 1.87. The first-order chi connectivity index (χ1) is 6.05. The van der Waals surface area contributed by atoms with Gasteiger partial charge in [-0.2, -0.15) is 0 Å². The van der Waals surface area contributed by atoms with Crippen LogP contribution in [0.2, 0.25) is 0 Å². The third-order valence-corrected chi connectivity index (χ3v) is 3.82. The quantitative estimate of drug-likeness (QED) is 0.526. The Morgan fingerprint density at radius 3 is 2.38 bits per heavy atom. The zero-order chi connectivity index (χ0) is 9.90. The summed E-state index contributed by atoms with van der Waals surface area (Å²) in [5.41, 5.74) is 0. The molecule has 4 nitrogen and oxygen atoms in total. The summed E-state index contributed by atoms with van der Waals surface area (Å²) < 4.78 is 22.2. The molecule has 1 saturated heterocycles. The summed E-state index contributed by atoms with van der Waals surface area (Å²) in [6, 6.07) is 0. The standard InChI is InChI=1S/C8H16N2O2S/c1-2-3-8(9)10-4-6-13(11,12)7-5-10/h9H,2-7H2,1H3. The first-order valence-corrected chi connectivity index (χ1v) is 6.40. The van der Waals surface area contributed by atoms with Gasteiger partial charge in [-0.15, -0.1) is 0 Å². The van der Waals surface area contributed by atoms with E-state index in [0.717, 1.165) is 12.8 Å². The first-order valence-electron chi connectivity index (χ1n) is 4.58. The van der Waals surface area contributed by atoms with Crippen molar-refractivity contribution in [3.63, 3.8) is 0 Å². The average molecular weight is 204 g/mol. The fraction of sp³-hybridized carbons (Fsp3) is 0.875. The molecule has 13 heavy (non-hydrogen) atoms. The van der Waals surface area contributed by atoms with E-state index in [1.807, 2.05) is 11.8 Å². The van der Waals surface area contributed by atoms with Crippen LogP contribution < -0.4 is 0 Å². The van der Waals surface area contributed by atoms with Crippen molar-refractivity contribution in [2.45, 2.75) is 19.8 Å². The second-order valence-corrected chi connectivity index (χ2v) is 5.64. The van der Waals surface area contributed by atoms with E-state index in [-0.39, 0.29) is 11.5 Å². The smallest absolute Gasteiger partial charge is 0.153 e. The van der Waals surface area contributed by atoms with Crippen molar-refractivity contribution in [3.05, 3.63) is 0 Å². The van der Waals surface area contributed by atoms with E-state index in [0.29, 0.717) is 18.9 Å². The normalized spacial score (nSPS) is 21.5. The lowest BCUT2D eigenvalue weighted by Gasteiger charge is -2.28. The second-order valence-electron chi connectivity index (χ2n) is 3.34. The molecule has 0 aromatic rings. The second kappa shape index (κ2) is 4.09. The lowest BCUT2D eigenvalue weighted by atomic mass is 10.3. The van der Waals surface area contributed by atoms with Crippen LogP contribution in [0.15, 0.2) is 0 Å². The molecule has 0 atom stereocenters. The molecule has 1 N–H and O–H groups in total. The number of amidine groups is 1. The van der Waals surface area contributed by atoms with E-state index in [2.05, 4.69) is 0 Å². The molecule has 0 aromatic heterocycles. The fourth-order valence-corrected chi connectivity index (χ4v) is 2.58. The van der Waals surface area contributed by atoms with E-state index in [1.54, 1.807) is 0 Å². The van der Waals surface area contributed by atoms with Gasteiger partial charge in [-0.1, -0.05) is 6.92 Å². The molecule has 1 aliphatic heterocycles. The molecule has 76 valence electrons. The Hall–Kier alpha value is -0.580. The van der Waals surface area contributed by atoms with E-state index in [9.17, 15) is 8.42 Å². The van der Waals surface area contributed by atoms with Gasteiger partial charge in [0, 0.05) is 19.5 Å². The fourth-order valence-electron chi connectivity index (χ4n) is 1.38. The van der Waals surface area contributed by atoms with Crippen LogP contribution in [-0.4, -0.2) is 43.7 Å². The number of hydrogen-bond acceptors (Lipinski definition) is 3. The lowest BCUT2D eigenvalue weighted by Crippen LogP contribution is -2.43. The van der Waals surface area contributed by atoms with Crippen LogP contribution in [-0.2, 0) is 9.84 Å². The van der Waals surface area contributed by atoms with Gasteiger partial charge in [0.25, 0.3) is 0 Å². The molecule has 0 spiro atoms. The predicted molar refractivity (Wildman–Crippen MR) is 52.9 cm³/mol. The maximum Gasteiger partial charge on any atom is 0.153 e. The van der Waals surface area contributed by atoms with Gasteiger partial charge < -0.3 is 4.90 Å². The topological polar surface area (TPSA) is 61.2 Å². The molecule has 0 aliphatic carbocycles. The number of nitrogens with zero attached hydrogens (tertiary/aromatic N) is 1. The zero-order valence-corrected chi connectivity index (χ0v) is 8.73. The van der Waals surface area contributed by atoms with Gasteiger partial charge in [-0.25, -0.2) is 8.42 Å². The van der Waals surface area contributed by atoms with Crippen LogP contribution in [0.25, 0.3) is 0 Å². The molecule has 0 unspecified atom stereocenters. The molecule has 0 bridgehead atoms. The van der Waals surface area contributed by atoms with Gasteiger partial charge in [-0.3, -0.25) is 5.41 Å². The van der Waals surface area contributed by atoms with Crippen molar-refractivity contribution in [3.8, 4) is 0 Å². The third kappa shape index (κ3) is 2.99. The minimum Gasteiger partial charge on any atom is -0.359 e. The Kier molecular flexibility index (Phi) is 3.30. The van der Waals surface area contributed by atoms with Crippen molar-refractivity contribution < 1.29 is 8.42 Å². The maximum atomic E-state index is 11.1. The van der Waals surface area contributed by atoms with E-state index in [1.165, 1.54) is 0 Å². The Morgan fingerprint density at radius 2 is 1.92 bits per heavy atom. The van der Waals surface area contributed by atoms with Crippen molar-refractivity contribution in [1.82, 2.24) is 4.90 Å². The molecule has 0 radical (unpaired) electrons. The Labute approximate surface area is 79.4 Å². The van der Waals surface area contributed by atoms with Gasteiger partial charge in [0.2, 0.25) is 0 Å². The van der Waals surface area contributed by atoms with Gasteiger partial charge in [0.1, 0.15) is 0 Å². The molecule has 0 saturated carbocycles. The number of rotatable bonds is 2. The van der Waals surface area contributed by atoms with Gasteiger partial charge >= 0.3 is 0 Å². The first kappa shape index (κ1) is 10.5. The van der Waals surface area contributed by atoms with Gasteiger partial charge in [-0.05, 0) is 6.42 Å². The van der Waals surface area contributed by atoms with Crippen LogP contribution >= 0.6 is 0 Å². The highest BCUT2D eigenvalue weighted by atomic mass is 32.2. The Morgan fingerprint density at radius 1 is 1.38 bits per heavy atom. The minimum atomic E-state index is -2.80. The largest absolute Gasteiger partial charge is 0.359 e. The van der Waals surface area contributed by atoms with E-state index in [4.69, 9.17) is 5.41 Å². The number of hydrogen-bond donors (Lipinski definition) is 1. The maximum absolute atomic E-state index is 11.1. The van der Waals surface area contributed by atoms with Gasteiger partial charge in [0.05, 0.1) is 17.3 Å². The van der Waals surface area contributed by atoms with Crippen molar-refractivity contribution in [2.24, 2.45) is 0 Å². The molecule has 1 fully saturated rings. The van der Waals surface area contributed by atoms with E-state index < -0.39 is 9.84 Å². The summed E-state index contributed by atoms with van der Waals surface area (Å²) >= 11 is 0. The minimum absolute atomic E-state index is 0.207. The van der Waals surface area contributed by atoms with E-state index >= 15 is 0 Å².